The molecule has 3 rings (SSSR count). The lowest BCUT2D eigenvalue weighted by Gasteiger charge is -2.10. The van der Waals surface area contributed by atoms with Crippen molar-refractivity contribution in [3.63, 3.8) is 0 Å². The zero-order valence-electron chi connectivity index (χ0n) is 13.4. The van der Waals surface area contributed by atoms with Crippen molar-refractivity contribution in [2.24, 2.45) is 5.16 Å². The van der Waals surface area contributed by atoms with Gasteiger partial charge in [-0.25, -0.2) is 0 Å². The van der Waals surface area contributed by atoms with Crippen molar-refractivity contribution >= 4 is 58.0 Å². The largest absolute Gasteiger partial charge is 0.391 e. The fourth-order valence-corrected chi connectivity index (χ4v) is 3.39. The number of carbonyl (C=O) groups excluding carboxylic acids is 1. The van der Waals surface area contributed by atoms with Gasteiger partial charge in [-0.1, -0.05) is 63.7 Å². The fourth-order valence-electron chi connectivity index (χ4n) is 2.55. The summed E-state index contributed by atoms with van der Waals surface area (Å²) in [5.74, 6) is -0.139. The highest BCUT2D eigenvalue weighted by atomic mass is 35.5. The van der Waals surface area contributed by atoms with Crippen molar-refractivity contribution in [3.05, 3.63) is 67.6 Å². The summed E-state index contributed by atoms with van der Waals surface area (Å²) in [5.41, 5.74) is 2.33. The molecule has 1 amide bonds. The van der Waals surface area contributed by atoms with Crippen LogP contribution in [0.3, 0.4) is 0 Å². The SMILES string of the molecule is O=C(CC1CC(c2ccc(Cl)cc2Cl)=NO1)NCc1ccc(Cl)c(Cl)c1. The van der Waals surface area contributed by atoms with Crippen molar-refractivity contribution in [3.8, 4) is 0 Å². The van der Waals surface area contributed by atoms with E-state index in [4.69, 9.17) is 51.2 Å². The van der Waals surface area contributed by atoms with Crippen molar-refractivity contribution in [2.45, 2.75) is 25.5 Å². The molecule has 1 heterocycles. The third kappa shape index (κ3) is 4.83. The molecule has 0 bridgehead atoms. The molecule has 0 spiro atoms. The van der Waals surface area contributed by atoms with E-state index >= 15 is 0 Å². The third-order valence-corrected chi connectivity index (χ3v) is 5.15. The van der Waals surface area contributed by atoms with Gasteiger partial charge in [0.05, 0.1) is 27.2 Å². The Morgan fingerprint density at radius 1 is 1.08 bits per heavy atom. The second kappa shape index (κ2) is 8.49. The first kappa shape index (κ1) is 19.3. The quantitative estimate of drug-likeness (QED) is 0.679. The van der Waals surface area contributed by atoms with Gasteiger partial charge in [0.2, 0.25) is 5.91 Å². The lowest BCUT2D eigenvalue weighted by molar-refractivity contribution is -0.123. The minimum absolute atomic E-state index is 0.139. The van der Waals surface area contributed by atoms with Gasteiger partial charge < -0.3 is 10.2 Å². The van der Waals surface area contributed by atoms with Crippen molar-refractivity contribution in [2.75, 3.05) is 0 Å². The second-order valence-electron chi connectivity index (χ2n) is 5.82. The Morgan fingerprint density at radius 3 is 2.62 bits per heavy atom. The average molecular weight is 432 g/mol. The van der Waals surface area contributed by atoms with Gasteiger partial charge in [0, 0.05) is 23.6 Å². The van der Waals surface area contributed by atoms with Crippen LogP contribution in [0.2, 0.25) is 20.1 Å². The van der Waals surface area contributed by atoms with E-state index in [-0.39, 0.29) is 18.4 Å². The number of benzene rings is 2. The van der Waals surface area contributed by atoms with E-state index in [9.17, 15) is 4.79 Å². The number of oxime groups is 1. The number of halogens is 4. The Kier molecular flexibility index (Phi) is 6.30. The van der Waals surface area contributed by atoms with Gasteiger partial charge >= 0.3 is 0 Å². The van der Waals surface area contributed by atoms with Gasteiger partial charge in [-0.15, -0.1) is 0 Å². The van der Waals surface area contributed by atoms with Crippen LogP contribution in [0.1, 0.15) is 24.0 Å². The van der Waals surface area contributed by atoms with Crippen LogP contribution in [0.5, 0.6) is 0 Å². The molecule has 1 atom stereocenters. The molecular formula is C18H14Cl4N2O2. The first-order chi connectivity index (χ1) is 12.4. The maximum atomic E-state index is 12.1. The first-order valence-corrected chi connectivity index (χ1v) is 9.32. The summed E-state index contributed by atoms with van der Waals surface area (Å²) < 4.78 is 0. The van der Waals surface area contributed by atoms with Crippen LogP contribution < -0.4 is 5.32 Å². The Balaban J connectivity index is 1.51. The molecule has 8 heteroatoms. The van der Waals surface area contributed by atoms with Crippen LogP contribution in [0, 0.1) is 0 Å². The standard InChI is InChI=1S/C18H14Cl4N2O2/c19-11-2-3-13(15(21)6-11)17-7-12(26-24-17)8-18(25)23-9-10-1-4-14(20)16(22)5-10/h1-6,12H,7-9H2,(H,23,25). The molecule has 0 aliphatic carbocycles. The zero-order chi connectivity index (χ0) is 18.7. The molecule has 0 saturated carbocycles. The number of rotatable bonds is 5. The molecule has 1 aliphatic rings. The predicted octanol–water partition coefficient (Wildman–Crippen LogP) is 5.50. The molecule has 1 N–H and O–H groups in total. The lowest BCUT2D eigenvalue weighted by Crippen LogP contribution is -2.27. The van der Waals surface area contributed by atoms with Crippen LogP contribution in [-0.4, -0.2) is 17.7 Å². The topological polar surface area (TPSA) is 50.7 Å². The van der Waals surface area contributed by atoms with Crippen LogP contribution in [0.4, 0.5) is 0 Å². The summed E-state index contributed by atoms with van der Waals surface area (Å²) in [6, 6.07) is 10.4. The molecule has 26 heavy (non-hydrogen) atoms. The van der Waals surface area contributed by atoms with E-state index in [1.165, 1.54) is 0 Å². The maximum absolute atomic E-state index is 12.1. The normalized spacial score (nSPS) is 16.2. The number of nitrogens with zero attached hydrogens (tertiary/aromatic N) is 1. The third-order valence-electron chi connectivity index (χ3n) is 3.86. The van der Waals surface area contributed by atoms with Crippen molar-refractivity contribution in [1.29, 1.82) is 0 Å². The van der Waals surface area contributed by atoms with E-state index in [0.29, 0.717) is 38.8 Å². The molecule has 4 nitrogen and oxygen atoms in total. The van der Waals surface area contributed by atoms with Gasteiger partial charge in [0.25, 0.3) is 0 Å². The molecule has 0 radical (unpaired) electrons. The van der Waals surface area contributed by atoms with E-state index in [2.05, 4.69) is 10.5 Å². The minimum Gasteiger partial charge on any atom is -0.391 e. The lowest BCUT2D eigenvalue weighted by atomic mass is 10.0. The van der Waals surface area contributed by atoms with Crippen molar-refractivity contribution < 1.29 is 9.63 Å². The highest BCUT2D eigenvalue weighted by Gasteiger charge is 2.25. The molecule has 1 unspecified atom stereocenters. The molecule has 0 saturated heterocycles. The fraction of sp³-hybridized carbons (Fsp3) is 0.222. The summed E-state index contributed by atoms with van der Waals surface area (Å²) in [7, 11) is 0. The Morgan fingerprint density at radius 2 is 1.88 bits per heavy atom. The highest BCUT2D eigenvalue weighted by Crippen LogP contribution is 2.27. The summed E-state index contributed by atoms with van der Waals surface area (Å²) in [5, 5.41) is 8.87. The molecule has 136 valence electrons. The van der Waals surface area contributed by atoms with E-state index in [1.54, 1.807) is 30.3 Å². The average Bonchev–Trinajstić information content (AvgIpc) is 3.04. The molecule has 1 aliphatic heterocycles. The van der Waals surface area contributed by atoms with E-state index in [0.717, 1.165) is 11.1 Å². The Labute approximate surface area is 171 Å². The first-order valence-electron chi connectivity index (χ1n) is 7.81. The highest BCUT2D eigenvalue weighted by molar-refractivity contribution is 6.42. The number of hydrogen-bond donors (Lipinski definition) is 1. The molecule has 2 aromatic rings. The van der Waals surface area contributed by atoms with E-state index in [1.807, 2.05) is 6.07 Å². The van der Waals surface area contributed by atoms with Gasteiger partial charge in [0.15, 0.2) is 0 Å². The molecule has 0 aromatic heterocycles. The maximum Gasteiger partial charge on any atom is 0.224 e. The summed E-state index contributed by atoms with van der Waals surface area (Å²) in [6.07, 6.45) is 0.367. The van der Waals surface area contributed by atoms with Gasteiger partial charge in [-0.05, 0) is 29.8 Å². The number of amides is 1. The van der Waals surface area contributed by atoms with Gasteiger partial charge in [-0.3, -0.25) is 4.79 Å². The van der Waals surface area contributed by atoms with Crippen LogP contribution in [0.15, 0.2) is 41.6 Å². The van der Waals surface area contributed by atoms with Crippen LogP contribution in [-0.2, 0) is 16.2 Å². The monoisotopic (exact) mass is 430 g/mol. The van der Waals surface area contributed by atoms with Crippen LogP contribution in [0.25, 0.3) is 0 Å². The number of hydrogen-bond acceptors (Lipinski definition) is 3. The Bertz CT molecular complexity index is 870. The van der Waals surface area contributed by atoms with Gasteiger partial charge in [0.1, 0.15) is 6.10 Å². The van der Waals surface area contributed by atoms with Crippen molar-refractivity contribution in [1.82, 2.24) is 5.32 Å². The molecule has 0 fully saturated rings. The molecular weight excluding hydrogens is 418 g/mol. The van der Waals surface area contributed by atoms with Gasteiger partial charge in [-0.2, -0.15) is 0 Å². The second-order valence-corrected chi connectivity index (χ2v) is 7.48. The van der Waals surface area contributed by atoms with E-state index < -0.39 is 0 Å². The minimum atomic E-state index is -0.328. The van der Waals surface area contributed by atoms with Crippen LogP contribution >= 0.6 is 46.4 Å². The smallest absolute Gasteiger partial charge is 0.224 e. The molecule has 2 aromatic carbocycles. The predicted molar refractivity (Wildman–Crippen MR) is 105 cm³/mol. The zero-order valence-corrected chi connectivity index (χ0v) is 16.5. The Hall–Kier alpha value is -1.46. The summed E-state index contributed by atoms with van der Waals surface area (Å²) in [4.78, 5) is 17.5. The number of nitrogens with one attached hydrogen (secondary N) is 1. The summed E-state index contributed by atoms with van der Waals surface area (Å²) in [6.45, 7) is 0.360. The number of carbonyl (C=O) groups is 1. The summed E-state index contributed by atoms with van der Waals surface area (Å²) >= 11 is 23.9.